The van der Waals surface area contributed by atoms with Crippen molar-refractivity contribution in [3.8, 4) is 66.8 Å². The predicted octanol–water partition coefficient (Wildman–Crippen LogP) is 19.5. The van der Waals surface area contributed by atoms with Gasteiger partial charge in [-0.05, 0) is 155 Å². The first-order valence-corrected chi connectivity index (χ1v) is 25.2. The van der Waals surface area contributed by atoms with Crippen molar-refractivity contribution in [2.24, 2.45) is 0 Å². The van der Waals surface area contributed by atoms with Gasteiger partial charge in [0.1, 0.15) is 11.2 Å². The fourth-order valence-corrected chi connectivity index (χ4v) is 12.2. The first-order chi connectivity index (χ1) is 35.2. The van der Waals surface area contributed by atoms with Gasteiger partial charge in [0.15, 0.2) is 0 Å². The van der Waals surface area contributed by atoms with E-state index in [-0.39, 0.29) is 10.8 Å². The summed E-state index contributed by atoms with van der Waals surface area (Å²) >= 11 is 0. The number of para-hydroxylation sites is 2. The molecule has 12 aromatic rings. The highest BCUT2D eigenvalue weighted by atomic mass is 16.3. The van der Waals surface area contributed by atoms with E-state index in [1.807, 2.05) is 12.1 Å². The van der Waals surface area contributed by atoms with Gasteiger partial charge in [0.2, 0.25) is 0 Å². The number of rotatable bonds is 7. The molecule has 11 aromatic carbocycles. The third kappa shape index (κ3) is 6.56. The average Bonchev–Trinajstić information content (AvgIpc) is 4.00. The van der Waals surface area contributed by atoms with Crippen LogP contribution in [0.1, 0.15) is 49.9 Å². The topological polar surface area (TPSA) is 16.4 Å². The largest absolute Gasteiger partial charge is 0.455 e. The molecule has 0 spiro atoms. The minimum absolute atomic E-state index is 0.201. The number of fused-ring (bicyclic) bond motifs is 10. The third-order valence-electron chi connectivity index (χ3n) is 16.1. The lowest BCUT2D eigenvalue weighted by Crippen LogP contribution is -2.18. The van der Waals surface area contributed by atoms with Crippen molar-refractivity contribution in [3.05, 3.63) is 259 Å². The van der Waals surface area contributed by atoms with E-state index >= 15 is 0 Å². The summed E-state index contributed by atoms with van der Waals surface area (Å²) < 4.78 is 6.42. The summed E-state index contributed by atoms with van der Waals surface area (Å²) in [6.07, 6.45) is 0. The van der Waals surface area contributed by atoms with Gasteiger partial charge in [-0.25, -0.2) is 0 Å². The zero-order chi connectivity index (χ0) is 48.3. The molecule has 72 heavy (non-hydrogen) atoms. The molecule has 0 atom stereocenters. The Morgan fingerprint density at radius 2 is 0.736 bits per heavy atom. The van der Waals surface area contributed by atoms with Gasteiger partial charge in [-0.1, -0.05) is 204 Å². The van der Waals surface area contributed by atoms with E-state index in [9.17, 15) is 0 Å². The molecule has 1 heterocycles. The van der Waals surface area contributed by atoms with E-state index < -0.39 is 0 Å². The molecule has 0 amide bonds. The Balaban J connectivity index is 0.847. The number of hydrogen-bond acceptors (Lipinski definition) is 2. The Labute approximate surface area is 421 Å². The van der Waals surface area contributed by atoms with Crippen molar-refractivity contribution >= 4 is 49.8 Å². The second-order valence-corrected chi connectivity index (χ2v) is 20.9. The van der Waals surface area contributed by atoms with Crippen LogP contribution in [0.25, 0.3) is 99.5 Å². The number of furan rings is 1. The molecule has 2 heteroatoms. The predicted molar refractivity (Wildman–Crippen MR) is 303 cm³/mol. The SMILES string of the molecule is CC1(C)c2cc(-c3ccccc3)ccc2-c2ccc(N(c3ccc(-c4ccc(-c5cccc6c5oc5ccccc56)cc4)cc3)c3ccc4c(c3)C(C)(C)c3cc(-c5ccc6ccccc6c5)ccc3-4)cc21. The summed E-state index contributed by atoms with van der Waals surface area (Å²) in [7, 11) is 0. The fraction of sp³-hybridized carbons (Fsp3) is 0.0857. The van der Waals surface area contributed by atoms with Crippen LogP contribution in [-0.4, -0.2) is 0 Å². The minimum atomic E-state index is -0.219. The van der Waals surface area contributed by atoms with Crippen LogP contribution in [-0.2, 0) is 10.8 Å². The maximum Gasteiger partial charge on any atom is 0.143 e. The number of anilines is 3. The van der Waals surface area contributed by atoms with Crippen LogP contribution in [0.5, 0.6) is 0 Å². The van der Waals surface area contributed by atoms with Crippen molar-refractivity contribution in [2.45, 2.75) is 38.5 Å². The van der Waals surface area contributed by atoms with Crippen LogP contribution in [0.2, 0.25) is 0 Å². The summed E-state index contributed by atoms with van der Waals surface area (Å²) in [6, 6.07) is 87.4. The molecule has 0 bridgehead atoms. The summed E-state index contributed by atoms with van der Waals surface area (Å²) in [4.78, 5) is 2.47. The highest BCUT2D eigenvalue weighted by molar-refractivity contribution is 6.09. The first-order valence-electron chi connectivity index (χ1n) is 25.2. The molecule has 0 N–H and O–H groups in total. The molecule has 0 saturated carbocycles. The molecule has 0 radical (unpaired) electrons. The Morgan fingerprint density at radius 3 is 1.39 bits per heavy atom. The maximum atomic E-state index is 6.42. The molecule has 0 unspecified atom stereocenters. The molecule has 1 aromatic heterocycles. The molecule has 0 saturated heterocycles. The summed E-state index contributed by atoms with van der Waals surface area (Å²) in [5.41, 5.74) is 25.0. The standard InChI is InChI=1S/C70H51NO/c1-69(2)63-40-51(44-13-6-5-7-14-44)29-35-57(63)59-37-33-54(42-65(59)69)71(53-31-27-47(28-32-53)46-21-24-48(25-22-46)56-18-12-19-62-61-17-10-11-20-67(61)72-68(56)62)55-34-38-60-58-36-30-52(41-64(58)70(3,4)66(60)43-55)50-26-23-45-15-8-9-16-49(45)39-50/h5-43H,1-4H3. The Kier molecular flexibility index (Phi) is 9.32. The second-order valence-electron chi connectivity index (χ2n) is 20.9. The van der Waals surface area contributed by atoms with Crippen molar-refractivity contribution in [2.75, 3.05) is 4.90 Å². The molecule has 14 rings (SSSR count). The lowest BCUT2D eigenvalue weighted by molar-refractivity contribution is 0.660. The molecule has 2 aliphatic rings. The van der Waals surface area contributed by atoms with Gasteiger partial charge in [0.05, 0.1) is 0 Å². The third-order valence-corrected chi connectivity index (χ3v) is 16.1. The van der Waals surface area contributed by atoms with Crippen molar-refractivity contribution in [1.82, 2.24) is 0 Å². The Hall–Kier alpha value is -8.72. The second kappa shape index (κ2) is 15.9. The monoisotopic (exact) mass is 921 g/mol. The van der Waals surface area contributed by atoms with Crippen LogP contribution >= 0.6 is 0 Å². The zero-order valence-electron chi connectivity index (χ0n) is 40.9. The number of benzene rings is 11. The quantitative estimate of drug-likeness (QED) is 0.158. The first kappa shape index (κ1) is 42.2. The lowest BCUT2D eigenvalue weighted by atomic mass is 9.81. The van der Waals surface area contributed by atoms with Crippen LogP contribution in [0.4, 0.5) is 17.1 Å². The molecule has 2 aliphatic carbocycles. The summed E-state index contributed by atoms with van der Waals surface area (Å²) in [6.45, 7) is 9.57. The van der Waals surface area contributed by atoms with Gasteiger partial charge in [-0.3, -0.25) is 0 Å². The van der Waals surface area contributed by atoms with Gasteiger partial charge in [-0.2, -0.15) is 0 Å². The Bertz CT molecular complexity index is 4130. The average molecular weight is 922 g/mol. The normalized spacial score (nSPS) is 13.8. The van der Waals surface area contributed by atoms with E-state index in [1.165, 1.54) is 88.7 Å². The van der Waals surface area contributed by atoms with E-state index in [0.717, 1.165) is 50.1 Å². The van der Waals surface area contributed by atoms with Crippen LogP contribution in [0.15, 0.2) is 241 Å². The van der Waals surface area contributed by atoms with Gasteiger partial charge in [-0.15, -0.1) is 0 Å². The molecule has 342 valence electrons. The number of nitrogens with zero attached hydrogens (tertiary/aromatic N) is 1. The molecule has 2 nitrogen and oxygen atoms in total. The van der Waals surface area contributed by atoms with E-state index in [4.69, 9.17) is 4.42 Å². The molecule has 0 fully saturated rings. The number of hydrogen-bond donors (Lipinski definition) is 0. The highest BCUT2D eigenvalue weighted by Crippen LogP contribution is 2.54. The minimum Gasteiger partial charge on any atom is -0.455 e. The van der Waals surface area contributed by atoms with Crippen LogP contribution < -0.4 is 4.90 Å². The van der Waals surface area contributed by atoms with E-state index in [0.29, 0.717) is 0 Å². The molecule has 0 aliphatic heterocycles. The zero-order valence-corrected chi connectivity index (χ0v) is 40.9. The lowest BCUT2D eigenvalue weighted by Gasteiger charge is -2.30. The summed E-state index contributed by atoms with van der Waals surface area (Å²) in [5.74, 6) is 0. The maximum absolute atomic E-state index is 6.42. The molecular weight excluding hydrogens is 871 g/mol. The Morgan fingerprint density at radius 1 is 0.292 bits per heavy atom. The van der Waals surface area contributed by atoms with Crippen LogP contribution in [0, 0.1) is 0 Å². The van der Waals surface area contributed by atoms with E-state index in [2.05, 4.69) is 257 Å². The van der Waals surface area contributed by atoms with Gasteiger partial charge in [0.25, 0.3) is 0 Å². The molecular formula is C70H51NO. The summed E-state index contributed by atoms with van der Waals surface area (Å²) in [5, 5.41) is 4.81. The smallest absolute Gasteiger partial charge is 0.143 e. The fourth-order valence-electron chi connectivity index (χ4n) is 12.2. The highest BCUT2D eigenvalue weighted by Gasteiger charge is 2.38. The van der Waals surface area contributed by atoms with Crippen molar-refractivity contribution < 1.29 is 4.42 Å². The van der Waals surface area contributed by atoms with Gasteiger partial charge in [0, 0.05) is 44.2 Å². The van der Waals surface area contributed by atoms with E-state index in [1.54, 1.807) is 0 Å². The van der Waals surface area contributed by atoms with Gasteiger partial charge >= 0.3 is 0 Å². The van der Waals surface area contributed by atoms with Crippen LogP contribution in [0.3, 0.4) is 0 Å². The van der Waals surface area contributed by atoms with Crippen molar-refractivity contribution in [1.29, 1.82) is 0 Å². The van der Waals surface area contributed by atoms with Gasteiger partial charge < -0.3 is 9.32 Å². The van der Waals surface area contributed by atoms with Crippen molar-refractivity contribution in [3.63, 3.8) is 0 Å².